The summed E-state index contributed by atoms with van der Waals surface area (Å²) in [6, 6.07) is 0. The molecule has 16 heavy (non-hydrogen) atoms. The summed E-state index contributed by atoms with van der Waals surface area (Å²) in [6.07, 6.45) is 5.95. The van der Waals surface area contributed by atoms with Crippen molar-refractivity contribution in [2.45, 2.75) is 59.3 Å². The number of carbonyl (C=O) groups excluding carboxylic acids is 1. The van der Waals surface area contributed by atoms with Crippen molar-refractivity contribution >= 4 is 6.16 Å². The highest BCUT2D eigenvalue weighted by Crippen LogP contribution is 2.08. The number of hydrogen-bond donors (Lipinski definition) is 0. The van der Waals surface area contributed by atoms with E-state index in [1.165, 1.54) is 12.8 Å². The Balaban J connectivity index is 3.15. The van der Waals surface area contributed by atoms with Gasteiger partial charge in [0, 0.05) is 0 Å². The maximum atomic E-state index is 11.0. The van der Waals surface area contributed by atoms with E-state index in [4.69, 9.17) is 9.47 Å². The molecule has 0 saturated carbocycles. The van der Waals surface area contributed by atoms with Gasteiger partial charge in [0.25, 0.3) is 0 Å². The molecule has 0 radical (unpaired) electrons. The van der Waals surface area contributed by atoms with E-state index in [0.29, 0.717) is 13.2 Å². The van der Waals surface area contributed by atoms with Crippen molar-refractivity contribution in [1.82, 2.24) is 0 Å². The second-order valence-corrected chi connectivity index (χ2v) is 4.54. The van der Waals surface area contributed by atoms with Gasteiger partial charge in [-0.3, -0.25) is 0 Å². The lowest BCUT2D eigenvalue weighted by Gasteiger charge is -2.06. The molecular weight excluding hydrogens is 204 g/mol. The van der Waals surface area contributed by atoms with Crippen molar-refractivity contribution < 1.29 is 14.3 Å². The van der Waals surface area contributed by atoms with Gasteiger partial charge in [-0.2, -0.15) is 0 Å². The van der Waals surface area contributed by atoms with E-state index in [0.717, 1.165) is 31.6 Å². The predicted molar refractivity (Wildman–Crippen MR) is 65.5 cm³/mol. The van der Waals surface area contributed by atoms with Crippen LogP contribution in [-0.2, 0) is 9.47 Å². The van der Waals surface area contributed by atoms with Crippen LogP contribution in [0.2, 0.25) is 0 Å². The molecule has 0 aliphatic carbocycles. The van der Waals surface area contributed by atoms with Crippen molar-refractivity contribution in [3.63, 3.8) is 0 Å². The normalized spacial score (nSPS) is 10.5. The van der Waals surface area contributed by atoms with Crippen LogP contribution >= 0.6 is 0 Å². The molecule has 0 aliphatic rings. The van der Waals surface area contributed by atoms with Crippen molar-refractivity contribution in [1.29, 1.82) is 0 Å². The number of hydrogen-bond acceptors (Lipinski definition) is 3. The zero-order chi connectivity index (χ0) is 12.2. The van der Waals surface area contributed by atoms with Gasteiger partial charge < -0.3 is 9.47 Å². The topological polar surface area (TPSA) is 35.5 Å². The van der Waals surface area contributed by atoms with Crippen LogP contribution in [0, 0.1) is 5.92 Å². The SMILES string of the molecule is CCCCOC(=O)OCCCCCC(C)C. The van der Waals surface area contributed by atoms with Crippen LogP contribution < -0.4 is 0 Å². The Hall–Kier alpha value is -0.730. The van der Waals surface area contributed by atoms with Crippen LogP contribution in [0.15, 0.2) is 0 Å². The molecule has 0 aliphatic heterocycles. The van der Waals surface area contributed by atoms with E-state index >= 15 is 0 Å². The van der Waals surface area contributed by atoms with Gasteiger partial charge in [-0.25, -0.2) is 4.79 Å². The average molecular weight is 230 g/mol. The Labute approximate surface area is 99.5 Å². The predicted octanol–water partition coefficient (Wildman–Crippen LogP) is 4.16. The minimum Gasteiger partial charge on any atom is -0.434 e. The quantitative estimate of drug-likeness (QED) is 0.441. The van der Waals surface area contributed by atoms with Crippen LogP contribution in [0.25, 0.3) is 0 Å². The van der Waals surface area contributed by atoms with Gasteiger partial charge in [0.05, 0.1) is 13.2 Å². The highest BCUT2D eigenvalue weighted by molar-refractivity contribution is 5.59. The van der Waals surface area contributed by atoms with Gasteiger partial charge in [-0.15, -0.1) is 0 Å². The highest BCUT2D eigenvalue weighted by atomic mass is 16.7. The van der Waals surface area contributed by atoms with Gasteiger partial charge in [0.1, 0.15) is 0 Å². The maximum Gasteiger partial charge on any atom is 0.508 e. The Kier molecular flexibility index (Phi) is 10.3. The largest absolute Gasteiger partial charge is 0.508 e. The Morgan fingerprint density at radius 1 is 1.00 bits per heavy atom. The molecule has 0 amide bonds. The van der Waals surface area contributed by atoms with Gasteiger partial charge in [0.2, 0.25) is 0 Å². The van der Waals surface area contributed by atoms with Crippen LogP contribution in [0.3, 0.4) is 0 Å². The maximum absolute atomic E-state index is 11.0. The number of unbranched alkanes of at least 4 members (excludes halogenated alkanes) is 3. The fourth-order valence-electron chi connectivity index (χ4n) is 1.33. The molecule has 0 heterocycles. The third kappa shape index (κ3) is 11.3. The van der Waals surface area contributed by atoms with Crippen molar-refractivity contribution in [3.8, 4) is 0 Å². The first-order chi connectivity index (χ1) is 7.66. The fourth-order valence-corrected chi connectivity index (χ4v) is 1.33. The van der Waals surface area contributed by atoms with E-state index in [-0.39, 0.29) is 0 Å². The van der Waals surface area contributed by atoms with Gasteiger partial charge in [0.15, 0.2) is 0 Å². The van der Waals surface area contributed by atoms with E-state index in [1.54, 1.807) is 0 Å². The lowest BCUT2D eigenvalue weighted by atomic mass is 10.1. The third-order valence-corrected chi connectivity index (χ3v) is 2.36. The van der Waals surface area contributed by atoms with Crippen molar-refractivity contribution in [2.75, 3.05) is 13.2 Å². The van der Waals surface area contributed by atoms with Crippen LogP contribution in [-0.4, -0.2) is 19.4 Å². The molecule has 0 aromatic heterocycles. The molecule has 0 N–H and O–H groups in total. The number of rotatable bonds is 9. The van der Waals surface area contributed by atoms with E-state index < -0.39 is 6.16 Å². The summed E-state index contributed by atoms with van der Waals surface area (Å²) < 4.78 is 9.80. The second kappa shape index (κ2) is 10.8. The Morgan fingerprint density at radius 3 is 2.19 bits per heavy atom. The van der Waals surface area contributed by atoms with Crippen LogP contribution in [0.4, 0.5) is 4.79 Å². The van der Waals surface area contributed by atoms with Gasteiger partial charge >= 0.3 is 6.16 Å². The van der Waals surface area contributed by atoms with Crippen LogP contribution in [0.5, 0.6) is 0 Å². The van der Waals surface area contributed by atoms with Crippen LogP contribution in [0.1, 0.15) is 59.3 Å². The monoisotopic (exact) mass is 230 g/mol. The summed E-state index contributed by atoms with van der Waals surface area (Å²) in [7, 11) is 0. The summed E-state index contributed by atoms with van der Waals surface area (Å²) in [5, 5.41) is 0. The molecule has 96 valence electrons. The summed E-state index contributed by atoms with van der Waals surface area (Å²) in [5.74, 6) is 0.764. The van der Waals surface area contributed by atoms with Crippen molar-refractivity contribution in [2.24, 2.45) is 5.92 Å². The molecule has 3 nitrogen and oxygen atoms in total. The average Bonchev–Trinajstić information content (AvgIpc) is 2.23. The highest BCUT2D eigenvalue weighted by Gasteiger charge is 2.02. The fraction of sp³-hybridized carbons (Fsp3) is 0.923. The van der Waals surface area contributed by atoms with Gasteiger partial charge in [-0.1, -0.05) is 46.5 Å². The molecule has 0 bridgehead atoms. The molecule has 0 spiro atoms. The minimum atomic E-state index is -0.516. The zero-order valence-corrected chi connectivity index (χ0v) is 11.0. The minimum absolute atomic E-state index is 0.475. The summed E-state index contributed by atoms with van der Waals surface area (Å²) in [6.45, 7) is 7.47. The first kappa shape index (κ1) is 15.3. The molecule has 3 heteroatoms. The molecule has 0 saturated heterocycles. The standard InChI is InChI=1S/C13H26O3/c1-4-5-10-15-13(14)16-11-8-6-7-9-12(2)3/h12H,4-11H2,1-3H3. The lowest BCUT2D eigenvalue weighted by Crippen LogP contribution is -2.09. The zero-order valence-electron chi connectivity index (χ0n) is 11.0. The molecule has 0 aromatic rings. The van der Waals surface area contributed by atoms with E-state index in [1.807, 2.05) is 0 Å². The Morgan fingerprint density at radius 2 is 1.62 bits per heavy atom. The Bertz CT molecular complexity index is 167. The molecule has 0 aromatic carbocycles. The smallest absolute Gasteiger partial charge is 0.434 e. The molecule has 0 unspecified atom stereocenters. The van der Waals surface area contributed by atoms with E-state index in [9.17, 15) is 4.79 Å². The van der Waals surface area contributed by atoms with Crippen molar-refractivity contribution in [3.05, 3.63) is 0 Å². The molecule has 0 atom stereocenters. The van der Waals surface area contributed by atoms with Gasteiger partial charge in [-0.05, 0) is 18.8 Å². The number of carbonyl (C=O) groups is 1. The molecular formula is C13H26O3. The van der Waals surface area contributed by atoms with E-state index in [2.05, 4.69) is 20.8 Å². The molecule has 0 rings (SSSR count). The third-order valence-electron chi connectivity index (χ3n) is 2.36. The summed E-state index contributed by atoms with van der Waals surface area (Å²) in [5.41, 5.74) is 0. The molecule has 0 fully saturated rings. The first-order valence-corrected chi connectivity index (χ1v) is 6.46. The number of ether oxygens (including phenoxy) is 2. The summed E-state index contributed by atoms with van der Waals surface area (Å²) in [4.78, 5) is 11.0. The lowest BCUT2D eigenvalue weighted by molar-refractivity contribution is 0.0532. The first-order valence-electron chi connectivity index (χ1n) is 6.46. The summed E-state index contributed by atoms with van der Waals surface area (Å²) >= 11 is 0. The second-order valence-electron chi connectivity index (χ2n) is 4.54.